The molecule has 0 amide bonds. The standard InChI is InChI=1S/C10H3F6IO4/c11-9(12,13)7(18)20-4-1-2-6(5(17)3-4)21-8(19)10(14,15)16/h1-3H. The molecule has 0 aliphatic carbocycles. The first kappa shape index (κ1) is 17.5. The van der Waals surface area contributed by atoms with Gasteiger partial charge in [0.05, 0.1) is 3.57 Å². The summed E-state index contributed by atoms with van der Waals surface area (Å²) in [7, 11) is 0. The molecule has 1 aromatic rings. The van der Waals surface area contributed by atoms with Gasteiger partial charge in [-0.05, 0) is 40.8 Å². The summed E-state index contributed by atoms with van der Waals surface area (Å²) >= 11 is 1.40. The summed E-state index contributed by atoms with van der Waals surface area (Å²) < 4.78 is 79.6. The number of hydrogen-bond acceptors (Lipinski definition) is 4. The lowest BCUT2D eigenvalue weighted by molar-refractivity contribution is -0.190. The normalized spacial score (nSPS) is 12.0. The quantitative estimate of drug-likeness (QED) is 0.314. The number of carbonyl (C=O) groups is 2. The SMILES string of the molecule is O=C(Oc1ccc(OC(=O)C(F)(F)F)c(I)c1)C(F)(F)F. The molecule has 0 saturated carbocycles. The monoisotopic (exact) mass is 428 g/mol. The highest BCUT2D eigenvalue weighted by Gasteiger charge is 2.42. The maximum Gasteiger partial charge on any atom is 0.491 e. The van der Waals surface area contributed by atoms with E-state index in [1.807, 2.05) is 0 Å². The van der Waals surface area contributed by atoms with Crippen LogP contribution >= 0.6 is 22.6 Å². The topological polar surface area (TPSA) is 52.6 Å². The lowest BCUT2D eigenvalue weighted by Crippen LogP contribution is -2.28. The molecule has 0 N–H and O–H groups in total. The molecule has 11 heteroatoms. The van der Waals surface area contributed by atoms with Crippen LogP contribution in [0, 0.1) is 3.57 Å². The number of benzene rings is 1. The van der Waals surface area contributed by atoms with E-state index >= 15 is 0 Å². The summed E-state index contributed by atoms with van der Waals surface area (Å²) in [6.45, 7) is 0. The molecule has 0 aromatic heterocycles. The van der Waals surface area contributed by atoms with E-state index in [0.29, 0.717) is 0 Å². The molecular weight excluding hydrogens is 425 g/mol. The second kappa shape index (κ2) is 6.07. The minimum absolute atomic E-state index is 0.155. The third-order valence-electron chi connectivity index (χ3n) is 1.78. The zero-order chi connectivity index (χ0) is 16.4. The Morgan fingerprint density at radius 3 is 1.81 bits per heavy atom. The van der Waals surface area contributed by atoms with Gasteiger partial charge in [0.1, 0.15) is 11.5 Å². The van der Waals surface area contributed by atoms with Crippen LogP contribution in [0.4, 0.5) is 26.3 Å². The van der Waals surface area contributed by atoms with E-state index in [4.69, 9.17) is 0 Å². The molecule has 1 rings (SSSR count). The van der Waals surface area contributed by atoms with Crippen molar-refractivity contribution < 1.29 is 45.4 Å². The van der Waals surface area contributed by atoms with Gasteiger partial charge in [-0.3, -0.25) is 0 Å². The fourth-order valence-corrected chi connectivity index (χ4v) is 1.55. The van der Waals surface area contributed by atoms with Crippen molar-refractivity contribution in [1.29, 1.82) is 0 Å². The molecular formula is C10H3F6IO4. The predicted octanol–water partition coefficient (Wildman–Crippen LogP) is 3.23. The summed E-state index contributed by atoms with van der Waals surface area (Å²) in [6, 6.07) is 2.33. The van der Waals surface area contributed by atoms with E-state index in [1.54, 1.807) is 0 Å². The van der Waals surface area contributed by atoms with Gasteiger partial charge in [0.15, 0.2) is 0 Å². The Morgan fingerprint density at radius 1 is 0.905 bits per heavy atom. The van der Waals surface area contributed by atoms with Gasteiger partial charge in [-0.2, -0.15) is 26.3 Å². The Kier molecular flexibility index (Phi) is 5.07. The minimum atomic E-state index is -5.22. The van der Waals surface area contributed by atoms with Gasteiger partial charge in [0.25, 0.3) is 0 Å². The average molecular weight is 428 g/mol. The summed E-state index contributed by atoms with van der Waals surface area (Å²) in [5, 5.41) is 0. The highest BCUT2D eigenvalue weighted by molar-refractivity contribution is 14.1. The number of halogens is 7. The predicted molar refractivity (Wildman–Crippen MR) is 62.5 cm³/mol. The zero-order valence-electron chi connectivity index (χ0n) is 9.51. The molecule has 0 heterocycles. The smallest absolute Gasteiger partial charge is 0.420 e. The van der Waals surface area contributed by atoms with Crippen molar-refractivity contribution >= 4 is 34.5 Å². The van der Waals surface area contributed by atoms with E-state index in [9.17, 15) is 35.9 Å². The average Bonchev–Trinajstić information content (AvgIpc) is 2.30. The molecule has 0 unspecified atom stereocenters. The van der Waals surface area contributed by atoms with E-state index in [1.165, 1.54) is 22.6 Å². The lowest BCUT2D eigenvalue weighted by atomic mass is 10.3. The molecule has 0 spiro atoms. The Morgan fingerprint density at radius 2 is 1.38 bits per heavy atom. The van der Waals surface area contributed by atoms with Crippen molar-refractivity contribution in [1.82, 2.24) is 0 Å². The van der Waals surface area contributed by atoms with Crippen LogP contribution in [-0.4, -0.2) is 24.3 Å². The maximum atomic E-state index is 12.0. The zero-order valence-corrected chi connectivity index (χ0v) is 11.7. The second-order valence-corrected chi connectivity index (χ2v) is 4.53. The largest absolute Gasteiger partial charge is 0.491 e. The molecule has 0 radical (unpaired) electrons. The van der Waals surface area contributed by atoms with Crippen molar-refractivity contribution in [2.45, 2.75) is 12.4 Å². The van der Waals surface area contributed by atoms with Gasteiger partial charge in [0.2, 0.25) is 0 Å². The number of alkyl halides is 6. The van der Waals surface area contributed by atoms with Crippen molar-refractivity contribution in [2.75, 3.05) is 0 Å². The molecule has 116 valence electrons. The molecule has 0 aliphatic rings. The summed E-state index contributed by atoms with van der Waals surface area (Å²) in [5.74, 6) is -6.07. The van der Waals surface area contributed by atoms with Gasteiger partial charge < -0.3 is 9.47 Å². The highest BCUT2D eigenvalue weighted by Crippen LogP contribution is 2.29. The molecule has 0 atom stereocenters. The third kappa shape index (κ3) is 5.06. The molecule has 1 aromatic carbocycles. The van der Waals surface area contributed by atoms with Crippen molar-refractivity contribution in [3.8, 4) is 11.5 Å². The Balaban J connectivity index is 2.87. The van der Waals surface area contributed by atoms with Crippen LogP contribution in [0.5, 0.6) is 11.5 Å². The van der Waals surface area contributed by atoms with Gasteiger partial charge in [-0.25, -0.2) is 9.59 Å². The van der Waals surface area contributed by atoms with Crippen LogP contribution in [0.3, 0.4) is 0 Å². The highest BCUT2D eigenvalue weighted by atomic mass is 127. The van der Waals surface area contributed by atoms with E-state index in [0.717, 1.165) is 18.2 Å². The molecule has 21 heavy (non-hydrogen) atoms. The van der Waals surface area contributed by atoms with Crippen molar-refractivity contribution in [2.24, 2.45) is 0 Å². The summed E-state index contributed by atoms with van der Waals surface area (Å²) in [6.07, 6.45) is -10.4. The number of rotatable bonds is 2. The van der Waals surface area contributed by atoms with Crippen LogP contribution in [0.15, 0.2) is 18.2 Å². The summed E-state index contributed by atoms with van der Waals surface area (Å²) in [5.41, 5.74) is 0. The number of carbonyl (C=O) groups excluding carboxylic acids is 2. The number of hydrogen-bond donors (Lipinski definition) is 0. The Bertz CT molecular complexity index is 566. The Labute approximate surface area is 126 Å². The third-order valence-corrected chi connectivity index (χ3v) is 2.62. The fourth-order valence-electron chi connectivity index (χ4n) is 0.950. The first-order chi connectivity index (χ1) is 9.41. The molecule has 0 aliphatic heterocycles. The fraction of sp³-hybridized carbons (Fsp3) is 0.200. The van der Waals surface area contributed by atoms with Crippen molar-refractivity contribution in [3.05, 3.63) is 21.8 Å². The van der Waals surface area contributed by atoms with E-state index in [-0.39, 0.29) is 3.57 Å². The van der Waals surface area contributed by atoms with Crippen LogP contribution in [0.1, 0.15) is 0 Å². The van der Waals surface area contributed by atoms with Crippen LogP contribution < -0.4 is 9.47 Å². The molecule has 0 fully saturated rings. The van der Waals surface area contributed by atoms with Crippen molar-refractivity contribution in [3.63, 3.8) is 0 Å². The van der Waals surface area contributed by atoms with Crippen LogP contribution in [0.25, 0.3) is 0 Å². The number of esters is 2. The van der Waals surface area contributed by atoms with Gasteiger partial charge in [0, 0.05) is 0 Å². The first-order valence-corrected chi connectivity index (χ1v) is 5.86. The minimum Gasteiger partial charge on any atom is -0.420 e. The van der Waals surface area contributed by atoms with Crippen LogP contribution in [0.2, 0.25) is 0 Å². The van der Waals surface area contributed by atoms with Gasteiger partial charge in [-0.15, -0.1) is 0 Å². The summed E-state index contributed by atoms with van der Waals surface area (Å²) in [4.78, 5) is 21.2. The lowest BCUT2D eigenvalue weighted by Gasteiger charge is -2.10. The van der Waals surface area contributed by atoms with E-state index < -0.39 is 35.8 Å². The second-order valence-electron chi connectivity index (χ2n) is 3.37. The maximum absolute atomic E-state index is 12.0. The molecule has 4 nitrogen and oxygen atoms in total. The molecule has 0 saturated heterocycles. The Hall–Kier alpha value is -1.53. The molecule has 0 bridgehead atoms. The first-order valence-electron chi connectivity index (χ1n) is 4.79. The van der Waals surface area contributed by atoms with Gasteiger partial charge >= 0.3 is 24.3 Å². The number of ether oxygens (including phenoxy) is 2. The van der Waals surface area contributed by atoms with Crippen LogP contribution in [-0.2, 0) is 9.59 Å². The van der Waals surface area contributed by atoms with Gasteiger partial charge in [-0.1, -0.05) is 0 Å². The van der Waals surface area contributed by atoms with E-state index in [2.05, 4.69) is 9.47 Å².